The molecule has 0 aliphatic carbocycles. The van der Waals surface area contributed by atoms with Gasteiger partial charge < -0.3 is 19.3 Å². The first kappa shape index (κ1) is 31.3. The summed E-state index contributed by atoms with van der Waals surface area (Å²) in [7, 11) is 0. The van der Waals surface area contributed by atoms with E-state index in [2.05, 4.69) is 47.9 Å². The molecule has 1 atom stereocenters. The third-order valence-corrected chi connectivity index (χ3v) is 10.3. The molecule has 48 heavy (non-hydrogen) atoms. The predicted molar refractivity (Wildman–Crippen MR) is 186 cm³/mol. The summed E-state index contributed by atoms with van der Waals surface area (Å²) in [4.78, 5) is 28.8. The van der Waals surface area contributed by atoms with Crippen molar-refractivity contribution in [3.05, 3.63) is 111 Å². The summed E-state index contributed by atoms with van der Waals surface area (Å²) in [5.41, 5.74) is 3.59. The Morgan fingerprint density at radius 1 is 1.02 bits per heavy atom. The van der Waals surface area contributed by atoms with Gasteiger partial charge in [-0.25, -0.2) is 4.79 Å². The van der Waals surface area contributed by atoms with Gasteiger partial charge in [0, 0.05) is 48.6 Å². The van der Waals surface area contributed by atoms with Crippen LogP contribution in [0.5, 0.6) is 5.75 Å². The van der Waals surface area contributed by atoms with E-state index >= 15 is 0 Å². The Kier molecular flexibility index (Phi) is 8.04. The van der Waals surface area contributed by atoms with Crippen molar-refractivity contribution in [3.8, 4) is 11.8 Å². The van der Waals surface area contributed by atoms with Crippen LogP contribution in [0.3, 0.4) is 0 Å². The number of benzene rings is 4. The summed E-state index contributed by atoms with van der Waals surface area (Å²) in [5.74, 6) is -0.0661. The minimum atomic E-state index is -0.806. The van der Waals surface area contributed by atoms with Crippen molar-refractivity contribution in [2.24, 2.45) is 0 Å². The van der Waals surface area contributed by atoms with Crippen molar-refractivity contribution in [1.29, 1.82) is 5.26 Å². The van der Waals surface area contributed by atoms with Gasteiger partial charge in [0.15, 0.2) is 5.72 Å². The molecule has 3 aliphatic rings. The number of non-ortho nitro benzene ring substituents is 1. The first-order valence-corrected chi connectivity index (χ1v) is 16.6. The second-order valence-electron chi connectivity index (χ2n) is 13.4. The smallest absolute Gasteiger partial charge is 0.348 e. The molecule has 1 spiro atoms. The SMILES string of the molecule is CC1(C)c2ccccc2N(CCOC(=O)/C(C#N)=C/c2ccc3cc(N4CCCCC4)ccc3c2)[C@]12CCc1cc([N+](=O)[O-])ccc1O2. The summed E-state index contributed by atoms with van der Waals surface area (Å²) in [6.45, 7) is 6.82. The number of carbonyl (C=O) groups excluding carboxylic acids is 1. The maximum absolute atomic E-state index is 13.2. The molecule has 9 heteroatoms. The van der Waals surface area contributed by atoms with E-state index in [-0.39, 0.29) is 17.9 Å². The van der Waals surface area contributed by atoms with Crippen LogP contribution in [0.2, 0.25) is 0 Å². The molecule has 0 aromatic heterocycles. The molecule has 1 saturated heterocycles. The van der Waals surface area contributed by atoms with Gasteiger partial charge in [0.2, 0.25) is 0 Å². The maximum Gasteiger partial charge on any atom is 0.348 e. The van der Waals surface area contributed by atoms with E-state index in [1.54, 1.807) is 18.2 Å². The fourth-order valence-corrected chi connectivity index (χ4v) is 7.72. The predicted octanol–water partition coefficient (Wildman–Crippen LogP) is 7.71. The zero-order valence-corrected chi connectivity index (χ0v) is 27.3. The van der Waals surface area contributed by atoms with Gasteiger partial charge in [0.1, 0.15) is 24.0 Å². The van der Waals surface area contributed by atoms with Crippen LogP contribution in [0.25, 0.3) is 16.8 Å². The Morgan fingerprint density at radius 3 is 2.58 bits per heavy atom. The third kappa shape index (κ3) is 5.41. The summed E-state index contributed by atoms with van der Waals surface area (Å²) in [5, 5.41) is 23.5. The number of hydrogen-bond donors (Lipinski definition) is 0. The molecule has 0 bridgehead atoms. The second-order valence-corrected chi connectivity index (χ2v) is 13.4. The zero-order valence-electron chi connectivity index (χ0n) is 27.3. The number of hydrogen-bond acceptors (Lipinski definition) is 8. The maximum atomic E-state index is 13.2. The van der Waals surface area contributed by atoms with Crippen molar-refractivity contribution >= 4 is 39.9 Å². The van der Waals surface area contributed by atoms with Gasteiger partial charge in [-0.05, 0) is 97.8 Å². The highest BCUT2D eigenvalue weighted by Gasteiger charge is 2.60. The normalized spacial score (nSPS) is 19.7. The van der Waals surface area contributed by atoms with Crippen molar-refractivity contribution in [2.75, 3.05) is 36.0 Å². The zero-order chi connectivity index (χ0) is 33.5. The number of esters is 1. The van der Waals surface area contributed by atoms with E-state index < -0.39 is 22.0 Å². The number of piperidine rings is 1. The number of nitrogens with zero attached hydrogens (tertiary/aromatic N) is 4. The summed E-state index contributed by atoms with van der Waals surface area (Å²) >= 11 is 0. The Hall–Kier alpha value is -5.36. The number of para-hydroxylation sites is 1. The van der Waals surface area contributed by atoms with Gasteiger partial charge in [-0.15, -0.1) is 0 Å². The van der Waals surface area contributed by atoms with Gasteiger partial charge >= 0.3 is 5.97 Å². The Morgan fingerprint density at radius 2 is 1.79 bits per heavy atom. The molecule has 4 aromatic carbocycles. The van der Waals surface area contributed by atoms with Crippen molar-refractivity contribution in [3.63, 3.8) is 0 Å². The first-order chi connectivity index (χ1) is 23.2. The van der Waals surface area contributed by atoms with Gasteiger partial charge in [-0.2, -0.15) is 5.26 Å². The number of nitro benzene ring substituents is 1. The number of nitriles is 1. The number of nitro groups is 1. The van der Waals surface area contributed by atoms with Crippen LogP contribution in [0, 0.1) is 21.4 Å². The molecule has 0 radical (unpaired) electrons. The van der Waals surface area contributed by atoms with Crippen LogP contribution in [-0.2, 0) is 21.4 Å². The Balaban J connectivity index is 1.08. The van der Waals surface area contributed by atoms with E-state index in [0.717, 1.165) is 46.2 Å². The van der Waals surface area contributed by atoms with E-state index in [1.165, 1.54) is 31.0 Å². The van der Waals surface area contributed by atoms with Crippen LogP contribution < -0.4 is 14.5 Å². The number of ether oxygens (including phenoxy) is 2. The molecule has 0 unspecified atom stereocenters. The molecule has 0 saturated carbocycles. The molecule has 0 N–H and O–H groups in total. The lowest BCUT2D eigenvalue weighted by atomic mass is 9.74. The van der Waals surface area contributed by atoms with Crippen molar-refractivity contribution in [1.82, 2.24) is 0 Å². The summed E-state index contributed by atoms with van der Waals surface area (Å²) < 4.78 is 12.5. The Labute approximate surface area is 280 Å². The minimum Gasteiger partial charge on any atom is -0.467 e. The van der Waals surface area contributed by atoms with Gasteiger partial charge in [-0.3, -0.25) is 10.1 Å². The van der Waals surface area contributed by atoms with Crippen LogP contribution in [-0.4, -0.2) is 42.9 Å². The van der Waals surface area contributed by atoms with E-state index in [1.807, 2.05) is 42.5 Å². The molecule has 244 valence electrons. The fraction of sp³-hybridized carbons (Fsp3) is 0.333. The average Bonchev–Trinajstić information content (AvgIpc) is 3.28. The molecule has 1 fully saturated rings. The fourth-order valence-electron chi connectivity index (χ4n) is 7.72. The second kappa shape index (κ2) is 12.3. The quantitative estimate of drug-likeness (QED) is 0.0663. The molecule has 3 aliphatic heterocycles. The molecular formula is C39H38N4O5. The van der Waals surface area contributed by atoms with Crippen LogP contribution in [0.15, 0.2) is 84.4 Å². The summed E-state index contributed by atoms with van der Waals surface area (Å²) in [6, 6.07) is 27.3. The Bertz CT molecular complexity index is 1990. The molecule has 9 nitrogen and oxygen atoms in total. The van der Waals surface area contributed by atoms with Crippen LogP contribution >= 0.6 is 0 Å². The number of fused-ring (bicyclic) bond motifs is 3. The highest BCUT2D eigenvalue weighted by molar-refractivity contribution is 5.98. The van der Waals surface area contributed by atoms with Crippen molar-refractivity contribution in [2.45, 2.75) is 57.1 Å². The highest BCUT2D eigenvalue weighted by atomic mass is 16.6. The number of anilines is 2. The topological polar surface area (TPSA) is 109 Å². The van der Waals surface area contributed by atoms with Crippen LogP contribution in [0.4, 0.5) is 17.1 Å². The molecule has 0 amide bonds. The minimum absolute atomic E-state index is 0.0392. The molecule has 7 rings (SSSR count). The van der Waals surface area contributed by atoms with Gasteiger partial charge in [0.05, 0.1) is 16.9 Å². The van der Waals surface area contributed by atoms with Crippen molar-refractivity contribution < 1.29 is 19.2 Å². The third-order valence-electron chi connectivity index (χ3n) is 10.3. The average molecular weight is 643 g/mol. The van der Waals surface area contributed by atoms with E-state index in [9.17, 15) is 20.2 Å². The summed E-state index contributed by atoms with van der Waals surface area (Å²) in [6.07, 6.45) is 6.48. The lowest BCUT2D eigenvalue weighted by molar-refractivity contribution is -0.385. The van der Waals surface area contributed by atoms with E-state index in [0.29, 0.717) is 25.1 Å². The lowest BCUT2D eigenvalue weighted by Crippen LogP contribution is -2.62. The van der Waals surface area contributed by atoms with Crippen LogP contribution in [0.1, 0.15) is 56.2 Å². The monoisotopic (exact) mass is 642 g/mol. The lowest BCUT2D eigenvalue weighted by Gasteiger charge is -2.49. The number of aryl methyl sites for hydroxylation is 1. The van der Waals surface area contributed by atoms with E-state index in [4.69, 9.17) is 9.47 Å². The first-order valence-electron chi connectivity index (χ1n) is 16.6. The van der Waals surface area contributed by atoms with Gasteiger partial charge in [0.25, 0.3) is 5.69 Å². The largest absolute Gasteiger partial charge is 0.467 e. The van der Waals surface area contributed by atoms with Gasteiger partial charge in [-0.1, -0.05) is 36.4 Å². The molecule has 4 aromatic rings. The number of rotatable bonds is 7. The number of carbonyl (C=O) groups is 1. The highest BCUT2D eigenvalue weighted by Crippen LogP contribution is 2.56. The molecular weight excluding hydrogens is 604 g/mol. The standard InChI is InChI=1S/C39H38N4O5/c1-38(2)34-8-4-5-9-35(34)42(39(38)17-16-30-25-33(43(45)46)14-15-36(30)48-39)20-21-47-37(44)31(26-40)23-27-10-11-29-24-32(13-12-28(29)22-27)41-18-6-3-7-19-41/h4-5,8-15,22-25H,3,6-7,16-21H2,1-2H3/b31-23+/t39-/m0/s1. The molecule has 3 heterocycles.